The first kappa shape index (κ1) is 11.6. The molecule has 0 radical (unpaired) electrons. The molecule has 0 heterocycles. The molecule has 4 heteroatoms. The Morgan fingerprint density at radius 3 is 2.17 bits per heavy atom. The fraction of sp³-hybridized carbons (Fsp3) is 0.750. The van der Waals surface area contributed by atoms with Gasteiger partial charge < -0.3 is 0 Å². The molecule has 72 valence electrons. The molecule has 0 bridgehead atoms. The molecular weight excluding hydrogens is 174 g/mol. The van der Waals surface area contributed by atoms with Crippen LogP contribution in [0.15, 0.2) is 12.2 Å². The van der Waals surface area contributed by atoms with Gasteiger partial charge in [-0.3, -0.25) is 0 Å². The standard InChI is InChI=1S/C8H17NO2S/c1-7(2)6-9(5)12(10,11)8(3)4/h8H,1,6H2,2-5H3. The first-order chi connectivity index (χ1) is 5.28. The highest BCUT2D eigenvalue weighted by atomic mass is 32.2. The number of rotatable bonds is 4. The van der Waals surface area contributed by atoms with Crippen molar-refractivity contribution < 1.29 is 8.42 Å². The molecule has 0 aliphatic rings. The molecule has 0 rings (SSSR count). The van der Waals surface area contributed by atoms with Crippen molar-refractivity contribution in [3.05, 3.63) is 12.2 Å². The molecule has 0 aliphatic heterocycles. The quantitative estimate of drug-likeness (QED) is 0.627. The van der Waals surface area contributed by atoms with Crippen molar-refractivity contribution in [3.8, 4) is 0 Å². The summed E-state index contributed by atoms with van der Waals surface area (Å²) in [7, 11) is -1.53. The minimum Gasteiger partial charge on any atom is -0.212 e. The fourth-order valence-electron chi connectivity index (χ4n) is 0.830. The summed E-state index contributed by atoms with van der Waals surface area (Å²) >= 11 is 0. The Labute approximate surface area is 75.1 Å². The Morgan fingerprint density at radius 2 is 1.92 bits per heavy atom. The van der Waals surface area contributed by atoms with Gasteiger partial charge in [0, 0.05) is 13.6 Å². The van der Waals surface area contributed by atoms with Crippen molar-refractivity contribution in [2.45, 2.75) is 26.0 Å². The van der Waals surface area contributed by atoms with Crippen LogP contribution in [0.25, 0.3) is 0 Å². The third-order valence-corrected chi connectivity index (χ3v) is 3.71. The summed E-state index contributed by atoms with van der Waals surface area (Å²) in [4.78, 5) is 0. The molecular formula is C8H17NO2S. The molecule has 0 saturated heterocycles. The Bertz CT molecular complexity index is 254. The molecule has 0 fully saturated rings. The minimum atomic E-state index is -3.10. The van der Waals surface area contributed by atoms with Crippen molar-refractivity contribution in [1.82, 2.24) is 4.31 Å². The van der Waals surface area contributed by atoms with Gasteiger partial charge in [0.2, 0.25) is 10.0 Å². The lowest BCUT2D eigenvalue weighted by molar-refractivity contribution is 0.485. The van der Waals surface area contributed by atoms with Gasteiger partial charge in [0.05, 0.1) is 5.25 Å². The summed E-state index contributed by atoms with van der Waals surface area (Å²) < 4.78 is 24.2. The van der Waals surface area contributed by atoms with Crippen molar-refractivity contribution >= 4 is 10.0 Å². The molecule has 0 aliphatic carbocycles. The van der Waals surface area contributed by atoms with Crippen molar-refractivity contribution in [2.75, 3.05) is 13.6 Å². The third-order valence-electron chi connectivity index (χ3n) is 1.52. The lowest BCUT2D eigenvalue weighted by Gasteiger charge is -2.19. The van der Waals surface area contributed by atoms with Crippen LogP contribution in [0.5, 0.6) is 0 Å². The molecule has 3 nitrogen and oxygen atoms in total. The molecule has 0 unspecified atom stereocenters. The van der Waals surface area contributed by atoms with Crippen LogP contribution in [0.4, 0.5) is 0 Å². The van der Waals surface area contributed by atoms with E-state index in [9.17, 15) is 8.42 Å². The van der Waals surface area contributed by atoms with E-state index >= 15 is 0 Å². The fourth-order valence-corrected chi connectivity index (χ4v) is 1.95. The largest absolute Gasteiger partial charge is 0.216 e. The van der Waals surface area contributed by atoms with E-state index in [0.29, 0.717) is 6.54 Å². The van der Waals surface area contributed by atoms with E-state index in [0.717, 1.165) is 5.57 Å². The zero-order valence-electron chi connectivity index (χ0n) is 8.16. The van der Waals surface area contributed by atoms with Crippen molar-refractivity contribution in [2.24, 2.45) is 0 Å². The van der Waals surface area contributed by atoms with E-state index in [-0.39, 0.29) is 5.25 Å². The Balaban J connectivity index is 4.48. The summed E-state index contributed by atoms with van der Waals surface area (Å²) in [5.41, 5.74) is 0.849. The van der Waals surface area contributed by atoms with Crippen LogP contribution >= 0.6 is 0 Å². The zero-order chi connectivity index (χ0) is 9.94. The number of nitrogens with zero attached hydrogens (tertiary/aromatic N) is 1. The minimum absolute atomic E-state index is 0.359. The molecule has 12 heavy (non-hydrogen) atoms. The summed E-state index contributed by atoms with van der Waals surface area (Å²) in [6.07, 6.45) is 0. The number of hydrogen-bond donors (Lipinski definition) is 0. The maximum absolute atomic E-state index is 11.5. The highest BCUT2D eigenvalue weighted by Gasteiger charge is 2.21. The van der Waals surface area contributed by atoms with E-state index in [4.69, 9.17) is 0 Å². The highest BCUT2D eigenvalue weighted by Crippen LogP contribution is 2.07. The number of sulfonamides is 1. The summed E-state index contributed by atoms with van der Waals surface area (Å²) in [6.45, 7) is 9.22. The SMILES string of the molecule is C=C(C)CN(C)S(=O)(=O)C(C)C. The summed E-state index contributed by atoms with van der Waals surface area (Å²) in [5.74, 6) is 0. The second-order valence-corrected chi connectivity index (χ2v) is 5.90. The predicted octanol–water partition coefficient (Wildman–Crippen LogP) is 1.23. The molecule has 0 saturated carbocycles. The molecule has 0 atom stereocenters. The highest BCUT2D eigenvalue weighted by molar-refractivity contribution is 7.89. The zero-order valence-corrected chi connectivity index (χ0v) is 8.98. The van der Waals surface area contributed by atoms with Gasteiger partial charge in [-0.25, -0.2) is 12.7 Å². The molecule has 0 amide bonds. The molecule has 0 aromatic heterocycles. The molecule has 0 N–H and O–H groups in total. The monoisotopic (exact) mass is 191 g/mol. The van der Waals surface area contributed by atoms with Gasteiger partial charge in [-0.2, -0.15) is 0 Å². The summed E-state index contributed by atoms with van der Waals surface area (Å²) in [6, 6.07) is 0. The van der Waals surface area contributed by atoms with Crippen molar-refractivity contribution in [3.63, 3.8) is 0 Å². The normalized spacial score (nSPS) is 12.5. The van der Waals surface area contributed by atoms with Gasteiger partial charge in [-0.1, -0.05) is 12.2 Å². The van der Waals surface area contributed by atoms with Crippen LogP contribution in [0.1, 0.15) is 20.8 Å². The second-order valence-electron chi connectivity index (χ2n) is 3.31. The average molecular weight is 191 g/mol. The Kier molecular flexibility index (Phi) is 3.93. The van der Waals surface area contributed by atoms with Crippen LogP contribution in [0.3, 0.4) is 0 Å². The smallest absolute Gasteiger partial charge is 0.212 e. The third kappa shape index (κ3) is 2.95. The van der Waals surface area contributed by atoms with Crippen molar-refractivity contribution in [1.29, 1.82) is 0 Å². The van der Waals surface area contributed by atoms with E-state index in [1.165, 1.54) is 4.31 Å². The van der Waals surface area contributed by atoms with Crippen LogP contribution in [0, 0.1) is 0 Å². The lowest BCUT2D eigenvalue weighted by atomic mass is 10.4. The number of likely N-dealkylation sites (N-methyl/N-ethyl adjacent to an activating group) is 1. The van der Waals surface area contributed by atoms with E-state index < -0.39 is 10.0 Å². The lowest BCUT2D eigenvalue weighted by Crippen LogP contribution is -2.34. The maximum Gasteiger partial charge on any atom is 0.216 e. The van der Waals surface area contributed by atoms with E-state index in [1.54, 1.807) is 20.9 Å². The molecule has 0 aromatic rings. The van der Waals surface area contributed by atoms with Crippen LogP contribution in [-0.4, -0.2) is 31.6 Å². The van der Waals surface area contributed by atoms with Crippen LogP contribution in [0.2, 0.25) is 0 Å². The molecule has 0 aromatic carbocycles. The topological polar surface area (TPSA) is 37.4 Å². The Hall–Kier alpha value is -0.350. The predicted molar refractivity (Wildman–Crippen MR) is 51.5 cm³/mol. The number of hydrogen-bond acceptors (Lipinski definition) is 2. The van der Waals surface area contributed by atoms with Gasteiger partial charge in [0.1, 0.15) is 0 Å². The average Bonchev–Trinajstić information content (AvgIpc) is 1.85. The van der Waals surface area contributed by atoms with Gasteiger partial charge >= 0.3 is 0 Å². The van der Waals surface area contributed by atoms with E-state index in [1.807, 2.05) is 6.92 Å². The van der Waals surface area contributed by atoms with Gasteiger partial charge in [-0.15, -0.1) is 0 Å². The van der Waals surface area contributed by atoms with E-state index in [2.05, 4.69) is 6.58 Å². The maximum atomic E-state index is 11.5. The summed E-state index contributed by atoms with van der Waals surface area (Å²) in [5, 5.41) is -0.359. The first-order valence-corrected chi connectivity index (χ1v) is 5.38. The second kappa shape index (κ2) is 4.05. The first-order valence-electron chi connectivity index (χ1n) is 3.88. The van der Waals surface area contributed by atoms with Crippen LogP contribution in [-0.2, 0) is 10.0 Å². The Morgan fingerprint density at radius 1 is 1.50 bits per heavy atom. The van der Waals surface area contributed by atoms with Gasteiger partial charge in [-0.05, 0) is 20.8 Å². The van der Waals surface area contributed by atoms with Gasteiger partial charge in [0.15, 0.2) is 0 Å². The van der Waals surface area contributed by atoms with Crippen LogP contribution < -0.4 is 0 Å². The van der Waals surface area contributed by atoms with Gasteiger partial charge in [0.25, 0.3) is 0 Å². The molecule has 0 spiro atoms.